The highest BCUT2D eigenvalue weighted by Crippen LogP contribution is 2.17. The lowest BCUT2D eigenvalue weighted by molar-refractivity contribution is 0.573. The molecule has 0 aliphatic rings. The molecule has 0 fully saturated rings. The fraction of sp³-hybridized carbons (Fsp3) is 0.222. The van der Waals surface area contributed by atoms with Gasteiger partial charge in [-0.1, -0.05) is 11.3 Å². The molecule has 102 valence electrons. The molecule has 0 atom stereocenters. The van der Waals surface area contributed by atoms with Crippen molar-refractivity contribution < 1.29 is 12.8 Å². The topological polar surface area (TPSA) is 127 Å². The predicted molar refractivity (Wildman–Crippen MR) is 62.5 cm³/mol. The van der Waals surface area contributed by atoms with Gasteiger partial charge >= 0.3 is 0 Å². The molecule has 10 heteroatoms. The van der Waals surface area contributed by atoms with E-state index in [1.165, 1.54) is 6.07 Å². The zero-order valence-electron chi connectivity index (χ0n) is 9.67. The summed E-state index contributed by atoms with van der Waals surface area (Å²) < 4.78 is 39.5. The average molecular weight is 286 g/mol. The van der Waals surface area contributed by atoms with Gasteiger partial charge in [-0.15, -0.1) is 10.2 Å². The van der Waals surface area contributed by atoms with Crippen LogP contribution in [-0.4, -0.2) is 29.0 Å². The fourth-order valence-corrected chi connectivity index (χ4v) is 2.68. The largest absolute Gasteiger partial charge is 0.326 e. The van der Waals surface area contributed by atoms with Gasteiger partial charge < -0.3 is 5.73 Å². The highest BCUT2D eigenvalue weighted by Gasteiger charge is 2.19. The Morgan fingerprint density at radius 1 is 1.42 bits per heavy atom. The van der Waals surface area contributed by atoms with Crippen molar-refractivity contribution in [3.8, 4) is 0 Å². The van der Waals surface area contributed by atoms with Gasteiger partial charge in [0.1, 0.15) is 5.82 Å². The van der Waals surface area contributed by atoms with Gasteiger partial charge in [0.15, 0.2) is 5.82 Å². The second kappa shape index (κ2) is 5.38. The van der Waals surface area contributed by atoms with E-state index < -0.39 is 15.8 Å². The lowest BCUT2D eigenvalue weighted by Crippen LogP contribution is -2.25. The summed E-state index contributed by atoms with van der Waals surface area (Å²) in [5.74, 6) is -0.480. The van der Waals surface area contributed by atoms with E-state index in [1.807, 2.05) is 0 Å². The van der Waals surface area contributed by atoms with Crippen molar-refractivity contribution in [3.63, 3.8) is 0 Å². The SMILES string of the molecule is NCc1ccc(F)cc1S(=O)(=O)NCc1nn[nH]n1. The summed E-state index contributed by atoms with van der Waals surface area (Å²) in [4.78, 5) is -0.196. The van der Waals surface area contributed by atoms with E-state index in [-0.39, 0.29) is 23.8 Å². The van der Waals surface area contributed by atoms with E-state index in [9.17, 15) is 12.8 Å². The Labute approximate surface area is 108 Å². The average Bonchev–Trinajstić information content (AvgIpc) is 2.89. The van der Waals surface area contributed by atoms with E-state index in [0.717, 1.165) is 12.1 Å². The number of H-pyrrole nitrogens is 1. The standard InChI is InChI=1S/C9H11FN6O2S/c10-7-2-1-6(4-11)8(3-7)19(17,18)12-5-9-13-15-16-14-9/h1-3,12H,4-5,11H2,(H,13,14,15,16). The van der Waals surface area contributed by atoms with Gasteiger partial charge in [0.05, 0.1) is 11.4 Å². The van der Waals surface area contributed by atoms with E-state index in [1.54, 1.807) is 0 Å². The van der Waals surface area contributed by atoms with Gasteiger partial charge in [-0.3, -0.25) is 0 Å². The molecule has 0 amide bonds. The van der Waals surface area contributed by atoms with Crippen molar-refractivity contribution in [3.05, 3.63) is 35.4 Å². The molecule has 2 rings (SSSR count). The number of aromatic amines is 1. The van der Waals surface area contributed by atoms with Gasteiger partial charge in [0.2, 0.25) is 10.0 Å². The first-order chi connectivity index (χ1) is 9.03. The molecule has 4 N–H and O–H groups in total. The summed E-state index contributed by atoms with van der Waals surface area (Å²) in [7, 11) is -3.89. The van der Waals surface area contributed by atoms with Crippen LogP contribution in [0.3, 0.4) is 0 Å². The first kappa shape index (κ1) is 13.5. The molecule has 1 aromatic heterocycles. The Balaban J connectivity index is 2.26. The van der Waals surface area contributed by atoms with E-state index in [0.29, 0.717) is 5.56 Å². The first-order valence-electron chi connectivity index (χ1n) is 5.23. The van der Waals surface area contributed by atoms with Gasteiger partial charge in [0, 0.05) is 6.54 Å². The molecular formula is C9H11FN6O2S. The Morgan fingerprint density at radius 2 is 2.21 bits per heavy atom. The van der Waals surface area contributed by atoms with Crippen LogP contribution in [0.1, 0.15) is 11.4 Å². The number of sulfonamides is 1. The zero-order chi connectivity index (χ0) is 13.9. The van der Waals surface area contributed by atoms with Crippen LogP contribution in [0.5, 0.6) is 0 Å². The maximum atomic E-state index is 13.2. The van der Waals surface area contributed by atoms with Crippen molar-refractivity contribution in [2.24, 2.45) is 5.73 Å². The number of benzene rings is 1. The lowest BCUT2D eigenvalue weighted by atomic mass is 10.2. The molecule has 19 heavy (non-hydrogen) atoms. The maximum Gasteiger partial charge on any atom is 0.241 e. The van der Waals surface area contributed by atoms with Crippen LogP contribution in [0, 0.1) is 5.82 Å². The summed E-state index contributed by atoms with van der Waals surface area (Å²) in [5.41, 5.74) is 5.76. The van der Waals surface area contributed by atoms with Crippen LogP contribution in [0.2, 0.25) is 0 Å². The Morgan fingerprint density at radius 3 is 2.84 bits per heavy atom. The van der Waals surface area contributed by atoms with Crippen LogP contribution in [0.4, 0.5) is 4.39 Å². The molecule has 1 aromatic carbocycles. The molecule has 0 saturated heterocycles. The van der Waals surface area contributed by atoms with Crippen LogP contribution < -0.4 is 10.5 Å². The normalized spacial score (nSPS) is 11.7. The predicted octanol–water partition coefficient (Wildman–Crippen LogP) is -0.724. The molecule has 8 nitrogen and oxygen atoms in total. The number of nitrogens with one attached hydrogen (secondary N) is 2. The van der Waals surface area contributed by atoms with Crippen LogP contribution in [-0.2, 0) is 23.1 Å². The Kier molecular flexibility index (Phi) is 3.83. The summed E-state index contributed by atoms with van der Waals surface area (Å²) in [6.45, 7) is -0.169. The number of nitrogens with zero attached hydrogens (tertiary/aromatic N) is 3. The Hall–Kier alpha value is -1.91. The number of hydrogen-bond acceptors (Lipinski definition) is 6. The summed E-state index contributed by atoms with van der Waals surface area (Å²) in [5, 5.41) is 12.7. The van der Waals surface area contributed by atoms with Gasteiger partial charge in [-0.2, -0.15) is 5.21 Å². The Bertz CT molecular complexity index is 657. The number of hydrogen-bond donors (Lipinski definition) is 3. The molecule has 1 heterocycles. The molecule has 0 saturated carbocycles. The first-order valence-corrected chi connectivity index (χ1v) is 6.72. The van der Waals surface area contributed by atoms with Gasteiger partial charge in [0.25, 0.3) is 0 Å². The van der Waals surface area contributed by atoms with Crippen LogP contribution >= 0.6 is 0 Å². The molecule has 0 aliphatic carbocycles. The maximum absolute atomic E-state index is 13.2. The molecule has 0 aliphatic heterocycles. The number of nitrogens with two attached hydrogens (primary N) is 1. The second-order valence-corrected chi connectivity index (χ2v) is 5.34. The molecule has 0 bridgehead atoms. The van der Waals surface area contributed by atoms with E-state index in [2.05, 4.69) is 25.3 Å². The fourth-order valence-electron chi connectivity index (χ4n) is 1.44. The third kappa shape index (κ3) is 3.10. The molecule has 2 aromatic rings. The monoisotopic (exact) mass is 286 g/mol. The van der Waals surface area contributed by atoms with Crippen molar-refractivity contribution in [2.75, 3.05) is 0 Å². The van der Waals surface area contributed by atoms with Crippen molar-refractivity contribution in [2.45, 2.75) is 18.0 Å². The number of rotatable bonds is 5. The van der Waals surface area contributed by atoms with Gasteiger partial charge in [-0.05, 0) is 17.7 Å². The summed E-state index contributed by atoms with van der Waals surface area (Å²) in [6.07, 6.45) is 0. The molecule has 0 spiro atoms. The van der Waals surface area contributed by atoms with Gasteiger partial charge in [-0.25, -0.2) is 17.5 Å². The smallest absolute Gasteiger partial charge is 0.241 e. The minimum Gasteiger partial charge on any atom is -0.326 e. The van der Waals surface area contributed by atoms with E-state index in [4.69, 9.17) is 5.73 Å². The minimum absolute atomic E-state index is 0.0151. The minimum atomic E-state index is -3.89. The lowest BCUT2D eigenvalue weighted by Gasteiger charge is -2.09. The van der Waals surface area contributed by atoms with E-state index >= 15 is 0 Å². The summed E-state index contributed by atoms with van der Waals surface area (Å²) >= 11 is 0. The highest BCUT2D eigenvalue weighted by molar-refractivity contribution is 7.89. The molecule has 0 unspecified atom stereocenters. The third-order valence-corrected chi connectivity index (χ3v) is 3.83. The number of tetrazole rings is 1. The quantitative estimate of drug-likeness (QED) is 0.665. The molecular weight excluding hydrogens is 275 g/mol. The van der Waals surface area contributed by atoms with Crippen molar-refractivity contribution in [1.82, 2.24) is 25.3 Å². The van der Waals surface area contributed by atoms with Crippen LogP contribution in [0.25, 0.3) is 0 Å². The third-order valence-electron chi connectivity index (χ3n) is 2.35. The zero-order valence-corrected chi connectivity index (χ0v) is 10.5. The highest BCUT2D eigenvalue weighted by atomic mass is 32.2. The molecule has 0 radical (unpaired) electrons. The van der Waals surface area contributed by atoms with Crippen molar-refractivity contribution in [1.29, 1.82) is 0 Å². The summed E-state index contributed by atoms with van der Waals surface area (Å²) in [6, 6.07) is 3.40. The number of halogens is 1. The number of aromatic nitrogens is 4. The second-order valence-electron chi connectivity index (χ2n) is 3.61. The van der Waals surface area contributed by atoms with Crippen molar-refractivity contribution >= 4 is 10.0 Å². The van der Waals surface area contributed by atoms with Crippen LogP contribution in [0.15, 0.2) is 23.1 Å².